The number of aromatic nitrogens is 1. The van der Waals surface area contributed by atoms with Crippen molar-refractivity contribution in [2.75, 3.05) is 0 Å². The minimum atomic E-state index is 0. The average molecular weight is 195 g/mol. The summed E-state index contributed by atoms with van der Waals surface area (Å²) in [4.78, 5) is 4.20. The van der Waals surface area contributed by atoms with Gasteiger partial charge in [0.15, 0.2) is 0 Å². The molecule has 2 rings (SSSR count). The fraction of sp³-hybridized carbons (Fsp3) is 0. The number of hydrogen-bond donors (Lipinski definition) is 1. The van der Waals surface area contributed by atoms with Crippen LogP contribution in [0.15, 0.2) is 48.7 Å². The molecule has 0 fully saturated rings. The summed E-state index contributed by atoms with van der Waals surface area (Å²) in [6.07, 6.45) is 1.75. The number of phenols is 1. The number of benzene rings is 1. The van der Waals surface area contributed by atoms with Crippen molar-refractivity contribution in [1.82, 2.24) is 4.98 Å². The summed E-state index contributed by atoms with van der Waals surface area (Å²) in [5, 5.41) is 9.08. The SMILES string of the molecule is Oc1ccc(-c2ccccn2)cc1.[NaH]. The normalized spacial score (nSPS) is 9.14. The second-order valence-corrected chi connectivity index (χ2v) is 2.76. The summed E-state index contributed by atoms with van der Waals surface area (Å²) in [6, 6.07) is 12.8. The summed E-state index contributed by atoms with van der Waals surface area (Å²) in [5.74, 6) is 0.277. The van der Waals surface area contributed by atoms with Gasteiger partial charge in [-0.1, -0.05) is 6.07 Å². The molecule has 0 amide bonds. The Morgan fingerprint density at radius 1 is 0.929 bits per heavy atom. The van der Waals surface area contributed by atoms with Crippen molar-refractivity contribution in [3.63, 3.8) is 0 Å². The van der Waals surface area contributed by atoms with E-state index >= 15 is 0 Å². The standard InChI is InChI=1S/C11H9NO.Na.H/c13-10-6-4-9(5-7-10)11-3-1-2-8-12-11;;/h1-8,13H;;. The summed E-state index contributed by atoms with van der Waals surface area (Å²) in [7, 11) is 0. The predicted molar refractivity (Wildman–Crippen MR) is 58.5 cm³/mol. The van der Waals surface area contributed by atoms with Gasteiger partial charge in [0.25, 0.3) is 0 Å². The molecule has 1 heterocycles. The van der Waals surface area contributed by atoms with Crippen LogP contribution in [0.2, 0.25) is 0 Å². The molecule has 3 heteroatoms. The van der Waals surface area contributed by atoms with E-state index in [1.165, 1.54) is 0 Å². The van der Waals surface area contributed by atoms with Gasteiger partial charge in [-0.05, 0) is 36.4 Å². The van der Waals surface area contributed by atoms with E-state index in [4.69, 9.17) is 5.11 Å². The van der Waals surface area contributed by atoms with E-state index in [9.17, 15) is 0 Å². The van der Waals surface area contributed by atoms with Crippen LogP contribution in [0.25, 0.3) is 11.3 Å². The van der Waals surface area contributed by atoms with Gasteiger partial charge in [-0.3, -0.25) is 4.98 Å². The third kappa shape index (κ3) is 2.58. The molecule has 0 bridgehead atoms. The maximum atomic E-state index is 9.08. The average Bonchev–Trinajstić information content (AvgIpc) is 2.20. The predicted octanol–water partition coefficient (Wildman–Crippen LogP) is 1.81. The molecule has 0 aliphatic heterocycles. The molecular formula is C11H10NNaO. The third-order valence-corrected chi connectivity index (χ3v) is 1.83. The quantitative estimate of drug-likeness (QED) is 0.704. The Balaban J connectivity index is 0.000000980. The molecule has 1 aromatic heterocycles. The van der Waals surface area contributed by atoms with Crippen molar-refractivity contribution < 1.29 is 5.11 Å². The molecular weight excluding hydrogens is 185 g/mol. The van der Waals surface area contributed by atoms with Gasteiger partial charge >= 0.3 is 29.6 Å². The van der Waals surface area contributed by atoms with E-state index in [-0.39, 0.29) is 35.3 Å². The Morgan fingerprint density at radius 3 is 2.21 bits per heavy atom. The Kier molecular flexibility index (Phi) is 4.14. The molecule has 66 valence electrons. The first kappa shape index (κ1) is 11.2. The summed E-state index contributed by atoms with van der Waals surface area (Å²) >= 11 is 0. The Bertz CT molecular complexity index is 386. The molecule has 0 atom stereocenters. The first-order valence-electron chi connectivity index (χ1n) is 4.07. The zero-order valence-electron chi connectivity index (χ0n) is 7.01. The van der Waals surface area contributed by atoms with Gasteiger partial charge in [0.05, 0.1) is 5.69 Å². The topological polar surface area (TPSA) is 33.1 Å². The first-order chi connectivity index (χ1) is 6.36. The Morgan fingerprint density at radius 2 is 1.64 bits per heavy atom. The van der Waals surface area contributed by atoms with E-state index in [1.54, 1.807) is 18.3 Å². The van der Waals surface area contributed by atoms with E-state index < -0.39 is 0 Å². The van der Waals surface area contributed by atoms with Crippen LogP contribution in [0.4, 0.5) is 0 Å². The van der Waals surface area contributed by atoms with Crippen LogP contribution in [0.3, 0.4) is 0 Å². The van der Waals surface area contributed by atoms with Crippen molar-refractivity contribution in [3.8, 4) is 17.0 Å². The zero-order valence-corrected chi connectivity index (χ0v) is 7.01. The Labute approximate surface area is 105 Å². The van der Waals surface area contributed by atoms with Crippen LogP contribution in [0.1, 0.15) is 0 Å². The molecule has 1 aromatic carbocycles. The molecule has 0 saturated heterocycles. The van der Waals surface area contributed by atoms with Crippen LogP contribution in [0, 0.1) is 0 Å². The first-order valence-corrected chi connectivity index (χ1v) is 4.07. The number of aromatic hydroxyl groups is 1. The van der Waals surface area contributed by atoms with Gasteiger partial charge in [-0.25, -0.2) is 0 Å². The number of nitrogens with zero attached hydrogens (tertiary/aromatic N) is 1. The van der Waals surface area contributed by atoms with E-state index in [0.717, 1.165) is 11.3 Å². The molecule has 0 radical (unpaired) electrons. The molecule has 0 saturated carbocycles. The van der Waals surface area contributed by atoms with Crippen LogP contribution < -0.4 is 0 Å². The molecule has 2 aromatic rings. The van der Waals surface area contributed by atoms with Crippen molar-refractivity contribution in [2.24, 2.45) is 0 Å². The van der Waals surface area contributed by atoms with E-state index in [2.05, 4.69) is 4.98 Å². The molecule has 0 spiro atoms. The fourth-order valence-corrected chi connectivity index (χ4v) is 1.17. The third-order valence-electron chi connectivity index (χ3n) is 1.83. The van der Waals surface area contributed by atoms with Crippen molar-refractivity contribution >= 4 is 29.6 Å². The van der Waals surface area contributed by atoms with E-state index in [1.807, 2.05) is 30.3 Å². The molecule has 1 N–H and O–H groups in total. The van der Waals surface area contributed by atoms with Crippen LogP contribution in [-0.4, -0.2) is 39.6 Å². The van der Waals surface area contributed by atoms with Gasteiger partial charge in [0.1, 0.15) is 5.75 Å². The van der Waals surface area contributed by atoms with Crippen LogP contribution >= 0.6 is 0 Å². The number of hydrogen-bond acceptors (Lipinski definition) is 2. The molecule has 0 aliphatic carbocycles. The van der Waals surface area contributed by atoms with Gasteiger partial charge in [0.2, 0.25) is 0 Å². The number of phenolic OH excluding ortho intramolecular Hbond substituents is 1. The molecule has 2 nitrogen and oxygen atoms in total. The fourth-order valence-electron chi connectivity index (χ4n) is 1.17. The molecule has 0 aliphatic rings. The minimum absolute atomic E-state index is 0. The molecule has 14 heavy (non-hydrogen) atoms. The monoisotopic (exact) mass is 195 g/mol. The number of pyridine rings is 1. The van der Waals surface area contributed by atoms with Gasteiger partial charge in [0, 0.05) is 11.8 Å². The summed E-state index contributed by atoms with van der Waals surface area (Å²) < 4.78 is 0. The van der Waals surface area contributed by atoms with E-state index in [0.29, 0.717) is 0 Å². The summed E-state index contributed by atoms with van der Waals surface area (Å²) in [6.45, 7) is 0. The van der Waals surface area contributed by atoms with Crippen LogP contribution in [0.5, 0.6) is 5.75 Å². The van der Waals surface area contributed by atoms with Crippen molar-refractivity contribution in [1.29, 1.82) is 0 Å². The van der Waals surface area contributed by atoms with Crippen molar-refractivity contribution in [3.05, 3.63) is 48.7 Å². The molecule has 0 unspecified atom stereocenters. The number of rotatable bonds is 1. The second-order valence-electron chi connectivity index (χ2n) is 2.76. The second kappa shape index (κ2) is 5.15. The van der Waals surface area contributed by atoms with Gasteiger partial charge in [-0.15, -0.1) is 0 Å². The zero-order chi connectivity index (χ0) is 9.10. The van der Waals surface area contributed by atoms with Crippen LogP contribution in [-0.2, 0) is 0 Å². The maximum absolute atomic E-state index is 9.08. The van der Waals surface area contributed by atoms with Gasteiger partial charge < -0.3 is 5.11 Å². The van der Waals surface area contributed by atoms with Crippen molar-refractivity contribution in [2.45, 2.75) is 0 Å². The Hall–Kier alpha value is -0.830. The summed E-state index contributed by atoms with van der Waals surface area (Å²) in [5.41, 5.74) is 1.93. The van der Waals surface area contributed by atoms with Gasteiger partial charge in [-0.2, -0.15) is 0 Å².